The van der Waals surface area contributed by atoms with Crippen molar-refractivity contribution in [2.24, 2.45) is 56.2 Å². The zero-order chi connectivity index (χ0) is 41.2. The molecule has 9 atom stereocenters. The molecule has 2 N–H and O–H groups in total. The lowest BCUT2D eigenvalue weighted by Crippen LogP contribution is -2.66. The molecule has 0 heterocycles. The van der Waals surface area contributed by atoms with Gasteiger partial charge in [-0.2, -0.15) is 0 Å². The molecule has 56 heavy (non-hydrogen) atoms. The van der Waals surface area contributed by atoms with E-state index < -0.39 is 22.9 Å². The van der Waals surface area contributed by atoms with Gasteiger partial charge in [-0.25, -0.2) is 0 Å². The van der Waals surface area contributed by atoms with Crippen LogP contribution in [-0.2, 0) is 20.9 Å². The Hall–Kier alpha value is -1.77. The number of aliphatic hydroxyl groups is 1. The number of carboxylic acid groups (broad SMARTS) is 1. The largest absolute Gasteiger partial charge is 0.481 e. The molecule has 9 unspecified atom stereocenters. The van der Waals surface area contributed by atoms with E-state index in [4.69, 9.17) is 16.3 Å². The van der Waals surface area contributed by atoms with Gasteiger partial charge in [0.2, 0.25) is 0 Å². The van der Waals surface area contributed by atoms with Crippen LogP contribution in [0.3, 0.4) is 0 Å². The van der Waals surface area contributed by atoms with Crippen LogP contribution in [0, 0.1) is 56.2 Å². The van der Waals surface area contributed by atoms with Crippen molar-refractivity contribution in [3.05, 3.63) is 46.0 Å². The van der Waals surface area contributed by atoms with E-state index in [9.17, 15) is 19.8 Å². The van der Waals surface area contributed by atoms with Gasteiger partial charge in [-0.1, -0.05) is 77.8 Å². The maximum Gasteiger partial charge on any atom is 0.309 e. The Labute approximate surface area is 344 Å². The second-order valence-electron chi connectivity index (χ2n) is 21.7. The lowest BCUT2D eigenvalue weighted by molar-refractivity contribution is -0.236. The van der Waals surface area contributed by atoms with E-state index in [1.54, 1.807) is 13.8 Å². The molecule has 314 valence electrons. The number of ether oxygens (including phenoxy) is 1. The number of fused-ring (bicyclic) bond motifs is 7. The molecular formula is C48H75ClN2O5. The molecule has 7 nitrogen and oxygen atoms in total. The van der Waals surface area contributed by atoms with Gasteiger partial charge in [0.15, 0.2) is 5.78 Å². The van der Waals surface area contributed by atoms with Gasteiger partial charge in [0.25, 0.3) is 0 Å². The van der Waals surface area contributed by atoms with E-state index in [0.29, 0.717) is 37.8 Å². The lowest BCUT2D eigenvalue weighted by Gasteiger charge is -2.72. The Kier molecular flexibility index (Phi) is 12.3. The Bertz CT molecular complexity index is 1650. The maximum absolute atomic E-state index is 14.3. The molecule has 0 bridgehead atoms. The molecule has 5 aliphatic carbocycles. The SMILES string of the molecule is CC(C)C1=C2C3CCC4C5(C)CCC(OCCC(C)(C)C(=O)O)C(C)(C)C5CCC4(C)C3(C)CCC2(C(O)CN(CCN(C)C)Cc2ccc(Cl)cc2)CC1=O. The van der Waals surface area contributed by atoms with Crippen LogP contribution in [0.2, 0.25) is 5.02 Å². The fourth-order valence-electron chi connectivity index (χ4n) is 13.8. The molecule has 4 fully saturated rings. The number of rotatable bonds is 14. The molecule has 0 spiro atoms. The van der Waals surface area contributed by atoms with Crippen molar-refractivity contribution in [2.75, 3.05) is 40.3 Å². The second-order valence-corrected chi connectivity index (χ2v) is 22.1. The molecule has 5 aliphatic rings. The quantitative estimate of drug-likeness (QED) is 0.194. The normalized spacial score (nSPS) is 36.0. The number of hydrogen-bond acceptors (Lipinski definition) is 6. The fourth-order valence-corrected chi connectivity index (χ4v) is 13.9. The zero-order valence-electron chi connectivity index (χ0n) is 36.8. The molecule has 0 radical (unpaired) electrons. The van der Waals surface area contributed by atoms with Crippen molar-refractivity contribution in [1.82, 2.24) is 9.80 Å². The predicted octanol–water partition coefficient (Wildman–Crippen LogP) is 9.93. The van der Waals surface area contributed by atoms with Crippen LogP contribution in [0.5, 0.6) is 0 Å². The zero-order valence-corrected chi connectivity index (χ0v) is 37.5. The van der Waals surface area contributed by atoms with Crippen molar-refractivity contribution in [2.45, 2.75) is 145 Å². The van der Waals surface area contributed by atoms with Crippen LogP contribution in [0.1, 0.15) is 132 Å². The van der Waals surface area contributed by atoms with E-state index in [0.717, 1.165) is 75.2 Å². The van der Waals surface area contributed by atoms with Gasteiger partial charge in [0.05, 0.1) is 17.6 Å². The molecular weight excluding hydrogens is 720 g/mol. The van der Waals surface area contributed by atoms with Crippen LogP contribution in [0.25, 0.3) is 0 Å². The number of aliphatic hydroxyl groups excluding tert-OH is 1. The monoisotopic (exact) mass is 795 g/mol. The van der Waals surface area contributed by atoms with Crippen LogP contribution in [-0.4, -0.2) is 84.3 Å². The number of nitrogens with zero attached hydrogens (tertiary/aromatic N) is 2. The van der Waals surface area contributed by atoms with Gasteiger partial charge >= 0.3 is 5.97 Å². The van der Waals surface area contributed by atoms with Gasteiger partial charge in [0.1, 0.15) is 0 Å². The third-order valence-electron chi connectivity index (χ3n) is 17.3. The molecule has 6 rings (SSSR count). The van der Waals surface area contributed by atoms with Gasteiger partial charge < -0.3 is 19.8 Å². The molecule has 8 heteroatoms. The molecule has 0 amide bonds. The number of carbonyl (C=O) groups excluding carboxylic acids is 1. The third kappa shape index (κ3) is 7.39. The number of likely N-dealkylation sites (N-methyl/N-ethyl adjacent to an activating group) is 1. The van der Waals surface area contributed by atoms with Gasteiger partial charge in [0, 0.05) is 49.6 Å². The average molecular weight is 796 g/mol. The summed E-state index contributed by atoms with van der Waals surface area (Å²) in [7, 11) is 4.19. The van der Waals surface area contributed by atoms with E-state index in [-0.39, 0.29) is 45.4 Å². The fraction of sp³-hybridized carbons (Fsp3) is 0.792. The summed E-state index contributed by atoms with van der Waals surface area (Å²) in [6, 6.07) is 8.06. The summed E-state index contributed by atoms with van der Waals surface area (Å²) in [6.07, 6.45) is 9.03. The Morgan fingerprint density at radius 2 is 1.61 bits per heavy atom. The summed E-state index contributed by atoms with van der Waals surface area (Å²) in [5, 5.41) is 23.1. The van der Waals surface area contributed by atoms with Crippen LogP contribution in [0.15, 0.2) is 35.4 Å². The highest BCUT2D eigenvalue weighted by molar-refractivity contribution is 6.30. The molecule has 0 aliphatic heterocycles. The molecule has 1 aromatic rings. The third-order valence-corrected chi connectivity index (χ3v) is 17.6. The highest BCUT2D eigenvalue weighted by Gasteiger charge is 2.70. The summed E-state index contributed by atoms with van der Waals surface area (Å²) in [5.74, 6) is 1.01. The van der Waals surface area contributed by atoms with E-state index in [1.807, 2.05) is 12.1 Å². The van der Waals surface area contributed by atoms with Crippen molar-refractivity contribution in [1.29, 1.82) is 0 Å². The Morgan fingerprint density at radius 3 is 2.23 bits per heavy atom. The first-order valence-electron chi connectivity index (χ1n) is 22.0. The summed E-state index contributed by atoms with van der Waals surface area (Å²) in [5.41, 5.74) is 2.54. The highest BCUT2D eigenvalue weighted by atomic mass is 35.5. The number of Topliss-reactive ketones (excluding diaryl/α,β-unsaturated/α-hetero) is 1. The Morgan fingerprint density at radius 1 is 0.929 bits per heavy atom. The van der Waals surface area contributed by atoms with Gasteiger partial charge in [-0.3, -0.25) is 14.5 Å². The number of halogens is 1. The molecule has 4 saturated carbocycles. The topological polar surface area (TPSA) is 90.3 Å². The first kappa shape index (κ1) is 43.8. The van der Waals surface area contributed by atoms with Crippen LogP contribution < -0.4 is 0 Å². The highest BCUT2D eigenvalue weighted by Crippen LogP contribution is 2.77. The maximum atomic E-state index is 14.3. The van der Waals surface area contributed by atoms with Crippen LogP contribution >= 0.6 is 11.6 Å². The standard InChI is InChI=1S/C48H75ClN2O5/c1-31(2)40-35(52)28-48(38(53)30-51(26-25-50(10)11)29-32-12-14-33(49)15-13-32)23-22-46(8)34(41(40)48)16-17-37-45(7)20-19-39(56-27-24-43(3,4)42(54)55)44(5,6)36(45)18-21-47(37,46)9/h12-15,31,34,36-39,53H,16-30H2,1-11H3,(H,54,55). The number of hydrogen-bond donors (Lipinski definition) is 2. The number of aliphatic carboxylic acids is 1. The van der Waals surface area contributed by atoms with Crippen molar-refractivity contribution >= 4 is 23.4 Å². The molecule has 1 aromatic carbocycles. The summed E-state index contributed by atoms with van der Waals surface area (Å²) in [4.78, 5) is 30.7. The minimum absolute atomic E-state index is 0.0129. The first-order chi connectivity index (χ1) is 26.0. The summed E-state index contributed by atoms with van der Waals surface area (Å²) >= 11 is 6.25. The molecule has 0 aromatic heterocycles. The predicted molar refractivity (Wildman–Crippen MR) is 226 cm³/mol. The minimum atomic E-state index is -0.792. The lowest BCUT2D eigenvalue weighted by atomic mass is 9.33. The second kappa shape index (κ2) is 15.7. The van der Waals surface area contributed by atoms with E-state index in [2.05, 4.69) is 84.5 Å². The number of allylic oxidation sites excluding steroid dienone is 1. The summed E-state index contributed by atoms with van der Waals surface area (Å²) in [6.45, 7) is 24.1. The molecule has 0 saturated heterocycles. The van der Waals surface area contributed by atoms with Crippen LogP contribution in [0.4, 0.5) is 0 Å². The van der Waals surface area contributed by atoms with Crippen molar-refractivity contribution in [3.8, 4) is 0 Å². The average Bonchev–Trinajstić information content (AvgIpc) is 3.42. The number of carboxylic acids is 1. The van der Waals surface area contributed by atoms with Crippen molar-refractivity contribution in [3.63, 3.8) is 0 Å². The summed E-state index contributed by atoms with van der Waals surface area (Å²) < 4.78 is 6.63. The first-order valence-corrected chi connectivity index (χ1v) is 22.3. The minimum Gasteiger partial charge on any atom is -0.481 e. The van der Waals surface area contributed by atoms with Gasteiger partial charge in [-0.15, -0.1) is 0 Å². The van der Waals surface area contributed by atoms with E-state index >= 15 is 0 Å². The number of carbonyl (C=O) groups is 2. The van der Waals surface area contributed by atoms with E-state index in [1.165, 1.54) is 17.6 Å². The van der Waals surface area contributed by atoms with Crippen molar-refractivity contribution < 1.29 is 24.5 Å². The number of ketones is 1. The number of benzene rings is 1. The van der Waals surface area contributed by atoms with Gasteiger partial charge in [-0.05, 0) is 154 Å². The smallest absolute Gasteiger partial charge is 0.309 e. The Balaban J connectivity index is 1.28.